The van der Waals surface area contributed by atoms with E-state index >= 15 is 0 Å². The molecule has 0 aliphatic heterocycles. The topological polar surface area (TPSA) is 81.1 Å². The summed E-state index contributed by atoms with van der Waals surface area (Å²) < 4.78 is 64.8. The smallest absolute Gasteiger partial charge is 0.324 e. The Labute approximate surface area is 188 Å². The van der Waals surface area contributed by atoms with E-state index in [4.69, 9.17) is 0 Å². The van der Waals surface area contributed by atoms with E-state index < -0.39 is 27.5 Å². The highest BCUT2D eigenvalue weighted by Crippen LogP contribution is 2.33. The molecule has 2 aromatic carbocycles. The van der Waals surface area contributed by atoms with Crippen molar-refractivity contribution >= 4 is 44.2 Å². The second-order valence-electron chi connectivity index (χ2n) is 7.21. The largest absolute Gasteiger partial charge is 0.416 e. The van der Waals surface area contributed by atoms with Crippen LogP contribution in [0.15, 0.2) is 52.5 Å². The molecule has 0 atom stereocenters. The van der Waals surface area contributed by atoms with Crippen LogP contribution in [0.25, 0.3) is 11.0 Å². The Kier molecular flexibility index (Phi) is 7.19. The lowest BCUT2D eigenvalue weighted by Crippen LogP contribution is -2.16. The zero-order valence-electron chi connectivity index (χ0n) is 17.4. The van der Waals surface area contributed by atoms with Gasteiger partial charge in [-0.05, 0) is 36.8 Å². The first-order valence-electron chi connectivity index (χ1n) is 9.80. The predicted molar refractivity (Wildman–Crippen MR) is 119 cm³/mol. The van der Waals surface area contributed by atoms with Crippen LogP contribution in [0.2, 0.25) is 0 Å². The van der Waals surface area contributed by atoms with E-state index in [2.05, 4.69) is 10.3 Å². The Morgan fingerprint density at radius 1 is 1.19 bits per heavy atom. The molecular weight excluding hydrogens is 463 g/mol. The normalized spacial score (nSPS) is 12.3. The Bertz CT molecular complexity index is 1240. The van der Waals surface area contributed by atoms with Crippen LogP contribution in [-0.4, -0.2) is 35.9 Å². The number of carbonyl (C=O) groups is 1. The molecule has 32 heavy (non-hydrogen) atoms. The van der Waals surface area contributed by atoms with Crippen molar-refractivity contribution in [3.05, 3.63) is 48.0 Å². The number of para-hydroxylation sites is 1. The number of carbonyl (C=O) groups excluding carboxylic acids is 1. The molecule has 0 spiro atoms. The van der Waals surface area contributed by atoms with E-state index in [1.165, 1.54) is 18.2 Å². The molecule has 172 valence electrons. The molecule has 3 aromatic rings. The SMILES string of the molecule is CCCCn1c(SCC(=O)Nc2ccccc2S(C)(=O)=O)nc2cc(C(F)(F)F)ccc21. The van der Waals surface area contributed by atoms with E-state index in [-0.39, 0.29) is 21.9 Å². The van der Waals surface area contributed by atoms with Gasteiger partial charge in [-0.15, -0.1) is 0 Å². The van der Waals surface area contributed by atoms with E-state index in [1.54, 1.807) is 16.7 Å². The van der Waals surface area contributed by atoms with Crippen molar-refractivity contribution < 1.29 is 26.4 Å². The molecule has 11 heteroatoms. The van der Waals surface area contributed by atoms with Gasteiger partial charge < -0.3 is 9.88 Å². The van der Waals surface area contributed by atoms with Gasteiger partial charge >= 0.3 is 6.18 Å². The Hall–Kier alpha value is -2.53. The maximum atomic E-state index is 13.1. The third-order valence-electron chi connectivity index (χ3n) is 4.67. The van der Waals surface area contributed by atoms with Gasteiger partial charge in [-0.25, -0.2) is 13.4 Å². The maximum absolute atomic E-state index is 13.1. The molecule has 6 nitrogen and oxygen atoms in total. The third kappa shape index (κ3) is 5.63. The lowest BCUT2D eigenvalue weighted by Gasteiger charge is -2.11. The number of unbranched alkanes of at least 4 members (excludes halogenated alkanes) is 1. The number of sulfone groups is 1. The van der Waals surface area contributed by atoms with E-state index in [9.17, 15) is 26.4 Å². The first-order valence-corrected chi connectivity index (χ1v) is 12.7. The number of alkyl halides is 3. The molecule has 0 aliphatic carbocycles. The molecular formula is C21H22F3N3O3S2. The molecule has 0 unspecified atom stereocenters. The molecule has 0 bridgehead atoms. The number of imidazole rings is 1. The van der Waals surface area contributed by atoms with Crippen LogP contribution in [0.3, 0.4) is 0 Å². The highest BCUT2D eigenvalue weighted by molar-refractivity contribution is 7.99. The van der Waals surface area contributed by atoms with Gasteiger partial charge in [0.05, 0.1) is 32.9 Å². The Balaban J connectivity index is 1.83. The first-order chi connectivity index (χ1) is 15.0. The van der Waals surface area contributed by atoms with Gasteiger partial charge in [-0.1, -0.05) is 37.2 Å². The van der Waals surface area contributed by atoms with Crippen molar-refractivity contribution in [1.82, 2.24) is 9.55 Å². The maximum Gasteiger partial charge on any atom is 0.416 e. The van der Waals surface area contributed by atoms with Gasteiger partial charge in [0.1, 0.15) is 0 Å². The molecule has 1 heterocycles. The fourth-order valence-electron chi connectivity index (χ4n) is 3.14. The second-order valence-corrected chi connectivity index (χ2v) is 10.1. The number of fused-ring (bicyclic) bond motifs is 1. The van der Waals surface area contributed by atoms with E-state index in [0.29, 0.717) is 17.2 Å². The number of rotatable bonds is 8. The highest BCUT2D eigenvalue weighted by Gasteiger charge is 2.31. The van der Waals surface area contributed by atoms with Crippen molar-refractivity contribution in [2.24, 2.45) is 0 Å². The van der Waals surface area contributed by atoms with Gasteiger partial charge in [0.2, 0.25) is 5.91 Å². The molecule has 1 aromatic heterocycles. The summed E-state index contributed by atoms with van der Waals surface area (Å²) >= 11 is 1.09. The summed E-state index contributed by atoms with van der Waals surface area (Å²) in [6.45, 7) is 2.56. The molecule has 0 radical (unpaired) electrons. The monoisotopic (exact) mass is 485 g/mol. The van der Waals surface area contributed by atoms with Crippen LogP contribution in [0.5, 0.6) is 0 Å². The molecule has 0 aliphatic rings. The number of hydrogen-bond donors (Lipinski definition) is 1. The van der Waals surface area contributed by atoms with E-state index in [0.717, 1.165) is 43.0 Å². The van der Waals surface area contributed by atoms with Crippen molar-refractivity contribution in [3.8, 4) is 0 Å². The summed E-state index contributed by atoms with van der Waals surface area (Å²) in [5.74, 6) is -0.532. The van der Waals surface area contributed by atoms with Crippen molar-refractivity contribution in [1.29, 1.82) is 0 Å². The average molecular weight is 486 g/mol. The number of hydrogen-bond acceptors (Lipinski definition) is 5. The molecule has 0 saturated heterocycles. The molecule has 1 amide bonds. The number of anilines is 1. The number of nitrogens with one attached hydrogen (secondary N) is 1. The number of aryl methyl sites for hydroxylation is 1. The molecule has 0 fully saturated rings. The minimum absolute atomic E-state index is 0.00761. The zero-order chi connectivity index (χ0) is 23.5. The van der Waals surface area contributed by atoms with Crippen molar-refractivity contribution in [3.63, 3.8) is 0 Å². The van der Waals surface area contributed by atoms with Gasteiger partial charge in [0.15, 0.2) is 15.0 Å². The minimum atomic E-state index is -4.47. The summed E-state index contributed by atoms with van der Waals surface area (Å²) in [5, 5.41) is 3.02. The first kappa shape index (κ1) is 24.1. The number of nitrogens with zero attached hydrogens (tertiary/aromatic N) is 2. The fourth-order valence-corrected chi connectivity index (χ4v) is 4.82. The van der Waals surface area contributed by atoms with Gasteiger partial charge in [0, 0.05) is 12.8 Å². The highest BCUT2D eigenvalue weighted by atomic mass is 32.2. The standard InChI is InChI=1S/C21H22F3N3O3S2/c1-3-4-11-27-17-10-9-14(21(22,23)24)12-16(17)26-20(27)31-13-19(28)25-15-7-5-6-8-18(15)32(2,29)30/h5-10,12H,3-4,11,13H2,1-2H3,(H,25,28). The van der Waals surface area contributed by atoms with Crippen molar-refractivity contribution in [2.45, 2.75) is 42.5 Å². The van der Waals surface area contributed by atoms with Crippen molar-refractivity contribution in [2.75, 3.05) is 17.3 Å². The second kappa shape index (κ2) is 9.53. The average Bonchev–Trinajstić information content (AvgIpc) is 3.06. The van der Waals surface area contributed by atoms with Crippen LogP contribution in [-0.2, 0) is 27.4 Å². The summed E-state index contributed by atoms with van der Waals surface area (Å²) in [4.78, 5) is 16.8. The lowest BCUT2D eigenvalue weighted by atomic mass is 10.2. The predicted octanol–water partition coefficient (Wildman–Crippen LogP) is 4.99. The zero-order valence-corrected chi connectivity index (χ0v) is 19.1. The number of aromatic nitrogens is 2. The molecule has 3 rings (SSSR count). The van der Waals surface area contributed by atoms with Gasteiger partial charge in [0.25, 0.3) is 0 Å². The number of amides is 1. The molecule has 0 saturated carbocycles. The van der Waals surface area contributed by atoms with Crippen LogP contribution < -0.4 is 5.32 Å². The Morgan fingerprint density at radius 3 is 2.56 bits per heavy atom. The van der Waals surface area contributed by atoms with E-state index in [1.807, 2.05) is 6.92 Å². The lowest BCUT2D eigenvalue weighted by molar-refractivity contribution is -0.137. The van der Waals surface area contributed by atoms with Crippen LogP contribution in [0.1, 0.15) is 25.3 Å². The number of thioether (sulfide) groups is 1. The number of benzene rings is 2. The van der Waals surface area contributed by atoms with Crippen LogP contribution >= 0.6 is 11.8 Å². The number of halogens is 3. The fraction of sp³-hybridized carbons (Fsp3) is 0.333. The van der Waals surface area contributed by atoms with Gasteiger partial charge in [-0.3, -0.25) is 4.79 Å². The summed E-state index contributed by atoms with van der Waals surface area (Å²) in [7, 11) is -3.53. The summed E-state index contributed by atoms with van der Waals surface area (Å²) in [6.07, 6.45) is -1.74. The van der Waals surface area contributed by atoms with Crippen LogP contribution in [0.4, 0.5) is 18.9 Å². The third-order valence-corrected chi connectivity index (χ3v) is 6.80. The quantitative estimate of drug-likeness (QED) is 0.455. The minimum Gasteiger partial charge on any atom is -0.324 e. The summed E-state index contributed by atoms with van der Waals surface area (Å²) in [5.41, 5.74) is 0.171. The summed E-state index contributed by atoms with van der Waals surface area (Å²) in [6, 6.07) is 9.49. The van der Waals surface area contributed by atoms with Gasteiger partial charge in [-0.2, -0.15) is 13.2 Å². The Morgan fingerprint density at radius 2 is 1.91 bits per heavy atom. The molecule has 1 N–H and O–H groups in total. The van der Waals surface area contributed by atoms with Crippen LogP contribution in [0, 0.1) is 0 Å².